The molecule has 0 aromatic heterocycles. The molecule has 0 aromatic carbocycles. The van der Waals surface area contributed by atoms with Crippen LogP contribution in [0.4, 0.5) is 0 Å². The largest absolute Gasteiger partial charge is 0.394 e. The number of hydrogen-bond acceptors (Lipinski definition) is 13. The van der Waals surface area contributed by atoms with Crippen molar-refractivity contribution in [3.05, 3.63) is 85.1 Å². The zero-order valence-corrected chi connectivity index (χ0v) is 49.8. The maximum absolute atomic E-state index is 13.3. The first kappa shape index (κ1) is 73.3. The van der Waals surface area contributed by atoms with Gasteiger partial charge in [0.2, 0.25) is 5.91 Å². The van der Waals surface area contributed by atoms with Gasteiger partial charge < -0.3 is 65.1 Å². The summed E-state index contributed by atoms with van der Waals surface area (Å²) in [5.74, 6) is -0.253. The zero-order chi connectivity index (χ0) is 58.1. The van der Waals surface area contributed by atoms with Crippen LogP contribution in [0.2, 0.25) is 0 Å². The molecule has 1 amide bonds. The Balaban J connectivity index is 1.71. The smallest absolute Gasteiger partial charge is 0.220 e. The summed E-state index contributed by atoms with van der Waals surface area (Å²) in [6, 6.07) is -0.937. The number of rotatable bonds is 50. The van der Waals surface area contributed by atoms with Crippen molar-refractivity contribution < 1.29 is 64.6 Å². The number of carbonyl (C=O) groups is 1. The lowest BCUT2D eigenvalue weighted by molar-refractivity contribution is -0.359. The van der Waals surface area contributed by atoms with E-state index < -0.39 is 86.8 Å². The van der Waals surface area contributed by atoms with E-state index in [9.17, 15) is 45.6 Å². The molecule has 12 unspecified atom stereocenters. The van der Waals surface area contributed by atoms with Crippen LogP contribution < -0.4 is 5.32 Å². The van der Waals surface area contributed by atoms with E-state index in [0.717, 1.165) is 70.6 Å². The van der Waals surface area contributed by atoms with Gasteiger partial charge in [0.15, 0.2) is 12.6 Å². The number of aliphatic hydroxyl groups is 8. The number of ether oxygens (including phenoxy) is 4. The minimum absolute atomic E-state index is 0.253. The molecule has 2 heterocycles. The fourth-order valence-electron chi connectivity index (χ4n) is 9.98. The summed E-state index contributed by atoms with van der Waals surface area (Å²) in [6.45, 7) is 2.67. The Hall–Kier alpha value is -2.83. The highest BCUT2D eigenvalue weighted by atomic mass is 16.7. The fraction of sp³-hybridized carbons (Fsp3) is 0.773. The summed E-state index contributed by atoms with van der Waals surface area (Å²) < 4.78 is 22.8. The molecular weight excluding hydrogens is 1010 g/mol. The van der Waals surface area contributed by atoms with E-state index in [0.29, 0.717) is 12.8 Å². The van der Waals surface area contributed by atoms with Crippen LogP contribution in [0.5, 0.6) is 0 Å². The number of amides is 1. The van der Waals surface area contributed by atoms with Gasteiger partial charge in [-0.15, -0.1) is 0 Å². The van der Waals surface area contributed by atoms with Crippen molar-refractivity contribution in [1.82, 2.24) is 5.32 Å². The van der Waals surface area contributed by atoms with E-state index in [1.165, 1.54) is 128 Å². The molecule has 12 atom stereocenters. The third-order valence-corrected chi connectivity index (χ3v) is 15.1. The van der Waals surface area contributed by atoms with Crippen LogP contribution in [0.15, 0.2) is 85.1 Å². The Morgan fingerprint density at radius 2 is 0.875 bits per heavy atom. The minimum Gasteiger partial charge on any atom is -0.394 e. The van der Waals surface area contributed by atoms with Crippen LogP contribution in [-0.2, 0) is 23.7 Å². The number of aliphatic hydroxyl groups excluding tert-OH is 8. The zero-order valence-electron chi connectivity index (χ0n) is 49.8. The highest BCUT2D eigenvalue weighted by Gasteiger charge is 2.51. The quantitative estimate of drug-likeness (QED) is 0.0204. The lowest BCUT2D eigenvalue weighted by Crippen LogP contribution is -2.65. The molecule has 2 aliphatic rings. The Labute approximate surface area is 484 Å². The first-order valence-corrected chi connectivity index (χ1v) is 31.8. The maximum atomic E-state index is 13.3. The number of nitrogens with one attached hydrogen (secondary N) is 1. The molecule has 14 heteroatoms. The summed E-state index contributed by atoms with van der Waals surface area (Å²) in [4.78, 5) is 13.3. The molecule has 462 valence electrons. The summed E-state index contributed by atoms with van der Waals surface area (Å²) in [7, 11) is 0. The molecule has 2 fully saturated rings. The molecule has 2 rings (SSSR count). The molecule has 2 saturated heterocycles. The third kappa shape index (κ3) is 35.3. The topological polar surface area (TPSA) is 228 Å². The maximum Gasteiger partial charge on any atom is 0.220 e. The van der Waals surface area contributed by atoms with E-state index in [1.54, 1.807) is 6.08 Å². The summed E-state index contributed by atoms with van der Waals surface area (Å²) in [6.07, 6.45) is 51.9. The van der Waals surface area contributed by atoms with Crippen molar-refractivity contribution in [2.75, 3.05) is 19.8 Å². The third-order valence-electron chi connectivity index (χ3n) is 15.1. The predicted molar refractivity (Wildman–Crippen MR) is 323 cm³/mol. The standard InChI is InChI=1S/C66H115NO13/c1-3-5-7-9-11-13-15-17-19-21-22-23-24-25-26-27-28-29-30-31-32-34-36-38-40-42-44-46-48-50-58(71)67-54(55(70)49-47-45-43-41-39-37-35-33-20-18-16-14-12-10-8-6-4-2)53-77-65-63(76)61(74)64(57(52-69)79-65)80-66-62(75)60(73)59(72)56(51-68)78-66/h5,7,11,13,17,19,22-23,25-26,39,41,47,49,54-57,59-66,68-70,72-76H,3-4,6,8-10,12,14-16,18,20-21,24,27-38,40,42-46,48,50-53H2,1-2H3,(H,67,71)/b7-5-,13-11-,19-17-,23-22-,26-25-,41-39+,49-47+. The molecular formula is C66H115NO13. The Morgan fingerprint density at radius 1 is 0.463 bits per heavy atom. The normalized spacial score (nSPS) is 24.8. The molecule has 0 aliphatic carbocycles. The second-order valence-electron chi connectivity index (χ2n) is 22.1. The Bertz CT molecular complexity index is 1660. The van der Waals surface area contributed by atoms with Gasteiger partial charge in [-0.2, -0.15) is 0 Å². The highest BCUT2D eigenvalue weighted by Crippen LogP contribution is 2.30. The van der Waals surface area contributed by atoms with E-state index in [4.69, 9.17) is 18.9 Å². The first-order chi connectivity index (χ1) is 39.1. The minimum atomic E-state index is -1.79. The second-order valence-corrected chi connectivity index (χ2v) is 22.1. The van der Waals surface area contributed by atoms with Crippen LogP contribution in [0.25, 0.3) is 0 Å². The molecule has 0 spiro atoms. The van der Waals surface area contributed by atoms with Gasteiger partial charge in [0.05, 0.1) is 32.0 Å². The van der Waals surface area contributed by atoms with Gasteiger partial charge in [-0.05, 0) is 77.0 Å². The van der Waals surface area contributed by atoms with Crippen LogP contribution >= 0.6 is 0 Å². The van der Waals surface area contributed by atoms with Crippen molar-refractivity contribution >= 4 is 5.91 Å². The van der Waals surface area contributed by atoms with Gasteiger partial charge in [0.25, 0.3) is 0 Å². The van der Waals surface area contributed by atoms with Crippen molar-refractivity contribution in [2.24, 2.45) is 0 Å². The summed E-state index contributed by atoms with van der Waals surface area (Å²) in [5, 5.41) is 87.2. The van der Waals surface area contributed by atoms with Gasteiger partial charge in [-0.25, -0.2) is 0 Å². The second kappa shape index (κ2) is 50.7. The van der Waals surface area contributed by atoms with Gasteiger partial charge >= 0.3 is 0 Å². The Morgan fingerprint density at radius 3 is 1.38 bits per heavy atom. The number of carbonyl (C=O) groups excluding carboxylic acids is 1. The fourth-order valence-corrected chi connectivity index (χ4v) is 9.98. The molecule has 0 aromatic rings. The van der Waals surface area contributed by atoms with E-state index in [2.05, 4.69) is 92.1 Å². The monoisotopic (exact) mass is 1130 g/mol. The molecule has 2 aliphatic heterocycles. The summed E-state index contributed by atoms with van der Waals surface area (Å²) >= 11 is 0. The van der Waals surface area contributed by atoms with E-state index in [-0.39, 0.29) is 18.9 Å². The van der Waals surface area contributed by atoms with Crippen LogP contribution in [0, 0.1) is 0 Å². The lowest BCUT2D eigenvalue weighted by Gasteiger charge is -2.46. The molecule has 14 nitrogen and oxygen atoms in total. The van der Waals surface area contributed by atoms with Crippen LogP contribution in [0.1, 0.15) is 232 Å². The van der Waals surface area contributed by atoms with Crippen molar-refractivity contribution in [3.63, 3.8) is 0 Å². The Kier molecular flexibility index (Phi) is 46.4. The lowest BCUT2D eigenvalue weighted by atomic mass is 9.97. The van der Waals surface area contributed by atoms with Gasteiger partial charge in [0.1, 0.15) is 48.8 Å². The first-order valence-electron chi connectivity index (χ1n) is 31.8. The van der Waals surface area contributed by atoms with Crippen LogP contribution in [-0.4, -0.2) is 140 Å². The van der Waals surface area contributed by atoms with Crippen LogP contribution in [0.3, 0.4) is 0 Å². The number of hydrogen-bond donors (Lipinski definition) is 9. The van der Waals surface area contributed by atoms with Crippen molar-refractivity contribution in [1.29, 1.82) is 0 Å². The van der Waals surface area contributed by atoms with Gasteiger partial charge in [-0.1, -0.05) is 234 Å². The summed E-state index contributed by atoms with van der Waals surface area (Å²) in [5.41, 5.74) is 0. The van der Waals surface area contributed by atoms with Gasteiger partial charge in [-0.3, -0.25) is 4.79 Å². The van der Waals surface area contributed by atoms with E-state index >= 15 is 0 Å². The average Bonchev–Trinajstić information content (AvgIpc) is 3.46. The molecule has 9 N–H and O–H groups in total. The van der Waals surface area contributed by atoms with Gasteiger partial charge in [0, 0.05) is 6.42 Å². The number of unbranched alkanes of at least 4 members (excludes halogenated alkanes) is 25. The molecule has 0 bridgehead atoms. The molecule has 0 radical (unpaired) electrons. The van der Waals surface area contributed by atoms with Crippen molar-refractivity contribution in [3.8, 4) is 0 Å². The van der Waals surface area contributed by atoms with E-state index in [1.807, 2.05) is 6.08 Å². The number of allylic oxidation sites excluding steroid dienone is 13. The average molecular weight is 1130 g/mol. The molecule has 0 saturated carbocycles. The predicted octanol–water partition coefficient (Wildman–Crippen LogP) is 11.7. The highest BCUT2D eigenvalue weighted by molar-refractivity contribution is 5.76. The molecule has 80 heavy (non-hydrogen) atoms. The van der Waals surface area contributed by atoms with Crippen molar-refractivity contribution in [2.45, 2.75) is 306 Å². The SMILES string of the molecule is CC/C=C\C/C=C\C/C=C\C/C=C\C/C=C\CCCCCCCCCCCCCCCC(=O)NC(COC1OC(CO)C(OC2OC(CO)C(O)C(O)C2O)C(O)C1O)C(O)/C=C/CC/C=C/CCCCCCCCCCCCC.